The van der Waals surface area contributed by atoms with E-state index in [0.29, 0.717) is 5.69 Å². The number of rotatable bonds is 2. The molecule has 2 heterocycles. The van der Waals surface area contributed by atoms with Gasteiger partial charge in [0.15, 0.2) is 5.56 Å². The molecule has 0 aliphatic carbocycles. The lowest BCUT2D eigenvalue weighted by Gasteiger charge is -2.11. The zero-order valence-corrected chi connectivity index (χ0v) is 9.76. The maximum Gasteiger partial charge on any atom is 0.332 e. The Labute approximate surface area is 101 Å². The van der Waals surface area contributed by atoms with Crippen molar-refractivity contribution in [2.45, 2.75) is 0 Å². The topological polar surface area (TPSA) is 108 Å². The number of aromatic nitrogens is 4. The number of aromatic amines is 1. The van der Waals surface area contributed by atoms with E-state index >= 15 is 0 Å². The third kappa shape index (κ3) is 1.67. The third-order valence-corrected chi connectivity index (χ3v) is 2.54. The summed E-state index contributed by atoms with van der Waals surface area (Å²) in [4.78, 5) is 23.5. The van der Waals surface area contributed by atoms with E-state index < -0.39 is 11.2 Å². The van der Waals surface area contributed by atoms with Crippen LogP contribution in [0.3, 0.4) is 0 Å². The Hall–Kier alpha value is -2.82. The number of nitriles is 1. The zero-order chi connectivity index (χ0) is 13.3. The first-order valence-electron chi connectivity index (χ1n) is 5.02. The summed E-state index contributed by atoms with van der Waals surface area (Å²) in [5.74, 6) is 0.145. The highest BCUT2D eigenvalue weighted by Crippen LogP contribution is 2.14. The van der Waals surface area contributed by atoms with Gasteiger partial charge in [-0.3, -0.25) is 19.0 Å². The molecular weight excluding hydrogens is 236 g/mol. The van der Waals surface area contributed by atoms with Gasteiger partial charge in [0.05, 0.1) is 11.9 Å². The largest absolute Gasteiger partial charge is 0.338 e. The van der Waals surface area contributed by atoms with Crippen LogP contribution in [0.2, 0.25) is 0 Å². The molecule has 0 unspecified atom stereocenters. The van der Waals surface area contributed by atoms with E-state index in [2.05, 4.69) is 15.5 Å². The Balaban J connectivity index is 2.71. The molecule has 0 aliphatic heterocycles. The average Bonchev–Trinajstić information content (AvgIpc) is 2.87. The molecule has 0 atom stereocenters. The summed E-state index contributed by atoms with van der Waals surface area (Å²) >= 11 is 0. The zero-order valence-electron chi connectivity index (χ0n) is 9.76. The van der Waals surface area contributed by atoms with Crippen LogP contribution in [0.5, 0.6) is 0 Å². The Morgan fingerprint density at radius 2 is 2.11 bits per heavy atom. The number of H-pyrrole nitrogens is 1. The van der Waals surface area contributed by atoms with Crippen LogP contribution in [0.15, 0.2) is 22.0 Å². The molecule has 92 valence electrons. The van der Waals surface area contributed by atoms with Crippen molar-refractivity contribution in [3.63, 3.8) is 0 Å². The van der Waals surface area contributed by atoms with Crippen LogP contribution in [0.25, 0.3) is 0 Å². The van der Waals surface area contributed by atoms with Crippen LogP contribution in [0.1, 0.15) is 5.56 Å². The van der Waals surface area contributed by atoms with Crippen LogP contribution < -0.4 is 16.6 Å². The molecular formula is C10H10N6O2. The Bertz CT molecular complexity index is 731. The SMILES string of the molecule is Cn1c(Nc2cn[nH]c2)c(C#N)c(=O)n(C)c1=O. The van der Waals surface area contributed by atoms with E-state index in [9.17, 15) is 9.59 Å². The summed E-state index contributed by atoms with van der Waals surface area (Å²) in [6.07, 6.45) is 3.02. The van der Waals surface area contributed by atoms with Gasteiger partial charge in [-0.05, 0) is 0 Å². The van der Waals surface area contributed by atoms with Crippen molar-refractivity contribution in [1.29, 1.82) is 5.26 Å². The van der Waals surface area contributed by atoms with Gasteiger partial charge in [0.1, 0.15) is 11.9 Å². The van der Waals surface area contributed by atoms with Gasteiger partial charge >= 0.3 is 5.69 Å². The molecule has 0 spiro atoms. The predicted octanol–water partition coefficient (Wildman–Crippen LogP) is -0.578. The molecule has 0 bridgehead atoms. The van der Waals surface area contributed by atoms with E-state index in [1.165, 1.54) is 24.9 Å². The highest BCUT2D eigenvalue weighted by molar-refractivity contribution is 5.61. The molecule has 8 nitrogen and oxygen atoms in total. The smallest absolute Gasteiger partial charge is 0.332 e. The Kier molecular flexibility index (Phi) is 2.73. The van der Waals surface area contributed by atoms with Crippen LogP contribution in [0, 0.1) is 11.3 Å². The van der Waals surface area contributed by atoms with Crippen molar-refractivity contribution in [2.24, 2.45) is 14.1 Å². The van der Waals surface area contributed by atoms with E-state index in [4.69, 9.17) is 5.26 Å². The fourth-order valence-corrected chi connectivity index (χ4v) is 1.55. The lowest BCUT2D eigenvalue weighted by Crippen LogP contribution is -2.39. The van der Waals surface area contributed by atoms with E-state index in [1.54, 1.807) is 12.3 Å². The van der Waals surface area contributed by atoms with Gasteiger partial charge in [-0.1, -0.05) is 0 Å². The number of anilines is 2. The van der Waals surface area contributed by atoms with Gasteiger partial charge in [0.25, 0.3) is 5.56 Å². The van der Waals surface area contributed by atoms with Crippen LogP contribution >= 0.6 is 0 Å². The molecule has 2 aromatic rings. The van der Waals surface area contributed by atoms with E-state index in [1.807, 2.05) is 0 Å². The second-order valence-corrected chi connectivity index (χ2v) is 3.65. The van der Waals surface area contributed by atoms with Crippen LogP contribution in [-0.2, 0) is 14.1 Å². The third-order valence-electron chi connectivity index (χ3n) is 2.54. The van der Waals surface area contributed by atoms with Crippen LogP contribution in [0.4, 0.5) is 11.5 Å². The summed E-state index contributed by atoms with van der Waals surface area (Å²) < 4.78 is 2.09. The summed E-state index contributed by atoms with van der Waals surface area (Å²) in [5.41, 5.74) is -0.716. The average molecular weight is 246 g/mol. The van der Waals surface area contributed by atoms with Crippen molar-refractivity contribution in [3.05, 3.63) is 38.8 Å². The second kappa shape index (κ2) is 4.21. The number of nitrogens with one attached hydrogen (secondary N) is 2. The number of hydrogen-bond acceptors (Lipinski definition) is 5. The van der Waals surface area contributed by atoms with Crippen molar-refractivity contribution in [2.75, 3.05) is 5.32 Å². The minimum Gasteiger partial charge on any atom is -0.338 e. The molecule has 2 N–H and O–H groups in total. The van der Waals surface area contributed by atoms with Gasteiger partial charge in [0, 0.05) is 20.3 Å². The lowest BCUT2D eigenvalue weighted by atomic mass is 10.3. The molecule has 0 radical (unpaired) electrons. The number of nitrogens with zero attached hydrogens (tertiary/aromatic N) is 4. The minimum absolute atomic E-state index is 0.124. The molecule has 0 amide bonds. The molecule has 0 aliphatic rings. The maximum absolute atomic E-state index is 11.8. The minimum atomic E-state index is -0.633. The quantitative estimate of drug-likeness (QED) is 0.737. The molecule has 2 aromatic heterocycles. The normalized spacial score (nSPS) is 10.1. The van der Waals surface area contributed by atoms with Crippen LogP contribution in [-0.4, -0.2) is 19.3 Å². The summed E-state index contributed by atoms with van der Waals surface area (Å²) in [5, 5.41) is 18.1. The fourth-order valence-electron chi connectivity index (χ4n) is 1.55. The van der Waals surface area contributed by atoms with E-state index in [-0.39, 0.29) is 11.4 Å². The lowest BCUT2D eigenvalue weighted by molar-refractivity contribution is 0.689. The summed E-state index contributed by atoms with van der Waals surface area (Å²) in [6.45, 7) is 0. The van der Waals surface area contributed by atoms with Gasteiger partial charge in [-0.25, -0.2) is 4.79 Å². The second-order valence-electron chi connectivity index (χ2n) is 3.65. The molecule has 0 aromatic carbocycles. The Morgan fingerprint density at radius 1 is 1.39 bits per heavy atom. The first kappa shape index (κ1) is 11.7. The van der Waals surface area contributed by atoms with Crippen molar-refractivity contribution in [3.8, 4) is 6.07 Å². The highest BCUT2D eigenvalue weighted by atomic mass is 16.2. The molecule has 8 heteroatoms. The molecule has 0 saturated heterocycles. The first-order valence-corrected chi connectivity index (χ1v) is 5.02. The van der Waals surface area contributed by atoms with Crippen molar-refractivity contribution in [1.82, 2.24) is 19.3 Å². The fraction of sp³-hybridized carbons (Fsp3) is 0.200. The monoisotopic (exact) mass is 246 g/mol. The van der Waals surface area contributed by atoms with E-state index in [0.717, 1.165) is 4.57 Å². The molecule has 0 fully saturated rings. The first-order chi connectivity index (χ1) is 8.56. The molecule has 18 heavy (non-hydrogen) atoms. The maximum atomic E-state index is 11.8. The highest BCUT2D eigenvalue weighted by Gasteiger charge is 2.15. The summed E-state index contributed by atoms with van der Waals surface area (Å²) in [7, 11) is 2.80. The van der Waals surface area contributed by atoms with Gasteiger partial charge in [0.2, 0.25) is 0 Å². The van der Waals surface area contributed by atoms with Crippen molar-refractivity contribution >= 4 is 11.5 Å². The number of hydrogen-bond donors (Lipinski definition) is 2. The molecule has 2 rings (SSSR count). The van der Waals surface area contributed by atoms with Crippen molar-refractivity contribution < 1.29 is 0 Å². The summed E-state index contributed by atoms with van der Waals surface area (Å²) in [6, 6.07) is 1.80. The van der Waals surface area contributed by atoms with Gasteiger partial charge in [-0.15, -0.1) is 0 Å². The molecule has 0 saturated carbocycles. The predicted molar refractivity (Wildman–Crippen MR) is 63.5 cm³/mol. The van der Waals surface area contributed by atoms with Gasteiger partial charge < -0.3 is 5.32 Å². The Morgan fingerprint density at radius 3 is 2.67 bits per heavy atom. The van der Waals surface area contributed by atoms with Gasteiger partial charge in [-0.2, -0.15) is 10.4 Å². The standard InChI is InChI=1S/C10H10N6O2/c1-15-8(14-6-4-12-13-5-6)7(3-11)9(17)16(2)10(15)18/h4-5,14H,1-2H3,(H,12,13).